The van der Waals surface area contributed by atoms with Gasteiger partial charge in [0.1, 0.15) is 6.10 Å². The van der Waals surface area contributed by atoms with E-state index in [1.54, 1.807) is 30.1 Å². The Bertz CT molecular complexity index is 1050. The number of aromatic nitrogens is 3. The molecule has 7 heteroatoms. The summed E-state index contributed by atoms with van der Waals surface area (Å²) in [6, 6.07) is 13.5. The van der Waals surface area contributed by atoms with E-state index in [1.165, 1.54) is 0 Å². The van der Waals surface area contributed by atoms with Crippen molar-refractivity contribution in [1.29, 1.82) is 0 Å². The Labute approximate surface area is 170 Å². The van der Waals surface area contributed by atoms with E-state index in [1.807, 2.05) is 38.4 Å². The van der Waals surface area contributed by atoms with Gasteiger partial charge in [0, 0.05) is 63.0 Å². The molecule has 3 heterocycles. The largest absolute Gasteiger partial charge is 0.377 e. The summed E-state index contributed by atoms with van der Waals surface area (Å²) in [5.74, 6) is 0.653. The molecule has 3 aromatic rings. The first kappa shape index (κ1) is 19.1. The van der Waals surface area contributed by atoms with Crippen molar-refractivity contribution in [3.8, 4) is 11.3 Å². The number of nitrogens with zero attached hydrogens (tertiary/aromatic N) is 5. The predicted molar refractivity (Wildman–Crippen MR) is 114 cm³/mol. The van der Waals surface area contributed by atoms with Gasteiger partial charge in [0.15, 0.2) is 0 Å². The number of rotatable bonds is 4. The van der Waals surface area contributed by atoms with Crippen molar-refractivity contribution in [2.24, 2.45) is 7.05 Å². The maximum Gasteiger partial charge on any atom is 0.255 e. The molecule has 0 radical (unpaired) electrons. The van der Waals surface area contributed by atoms with Gasteiger partial charge in [-0.2, -0.15) is 0 Å². The summed E-state index contributed by atoms with van der Waals surface area (Å²) in [7, 11) is 5.82. The van der Waals surface area contributed by atoms with Gasteiger partial charge < -0.3 is 14.5 Å². The van der Waals surface area contributed by atoms with E-state index >= 15 is 0 Å². The van der Waals surface area contributed by atoms with Crippen LogP contribution in [0.1, 0.15) is 11.7 Å². The highest BCUT2D eigenvalue weighted by molar-refractivity contribution is 5.60. The molecule has 0 aliphatic carbocycles. The standard InChI is InChI=1S/C22H25N5O2/c1-25(2)19-7-5-4-6-17(19)20-15-27(12-13-29-20)22-24-18(14-21(28)26(22)3)16-8-10-23-11-9-16/h4-11,14,20H,12-13,15H2,1-3H3. The van der Waals surface area contributed by atoms with Crippen molar-refractivity contribution in [2.75, 3.05) is 43.6 Å². The lowest BCUT2D eigenvalue weighted by Crippen LogP contribution is -2.42. The van der Waals surface area contributed by atoms with Crippen LogP contribution in [0.5, 0.6) is 0 Å². The van der Waals surface area contributed by atoms with E-state index in [0.29, 0.717) is 31.3 Å². The average Bonchev–Trinajstić information content (AvgIpc) is 2.76. The molecule has 0 spiro atoms. The smallest absolute Gasteiger partial charge is 0.255 e. The van der Waals surface area contributed by atoms with Gasteiger partial charge in [0.25, 0.3) is 5.56 Å². The third kappa shape index (κ3) is 3.86. The number of hydrogen-bond acceptors (Lipinski definition) is 6. The highest BCUT2D eigenvalue weighted by atomic mass is 16.5. The number of hydrogen-bond donors (Lipinski definition) is 0. The van der Waals surface area contributed by atoms with Gasteiger partial charge in [0.2, 0.25) is 5.95 Å². The number of para-hydroxylation sites is 1. The Morgan fingerprint density at radius 1 is 1.14 bits per heavy atom. The quantitative estimate of drug-likeness (QED) is 0.681. The van der Waals surface area contributed by atoms with Crippen molar-refractivity contribution in [3.05, 3.63) is 70.8 Å². The Morgan fingerprint density at radius 2 is 1.90 bits per heavy atom. The molecule has 1 aliphatic rings. The summed E-state index contributed by atoms with van der Waals surface area (Å²) in [6.45, 7) is 1.88. The molecular formula is C22H25N5O2. The molecule has 0 bridgehead atoms. The molecule has 0 saturated carbocycles. The monoisotopic (exact) mass is 391 g/mol. The summed E-state index contributed by atoms with van der Waals surface area (Å²) >= 11 is 0. The van der Waals surface area contributed by atoms with E-state index in [2.05, 4.69) is 26.9 Å². The van der Waals surface area contributed by atoms with Gasteiger partial charge in [0.05, 0.1) is 18.8 Å². The molecule has 1 fully saturated rings. The minimum Gasteiger partial charge on any atom is -0.377 e. The van der Waals surface area contributed by atoms with Gasteiger partial charge in [-0.1, -0.05) is 18.2 Å². The lowest BCUT2D eigenvalue weighted by atomic mass is 10.0. The summed E-state index contributed by atoms with van der Waals surface area (Å²) in [4.78, 5) is 25.7. The van der Waals surface area contributed by atoms with Crippen molar-refractivity contribution in [1.82, 2.24) is 14.5 Å². The van der Waals surface area contributed by atoms with Crippen molar-refractivity contribution in [3.63, 3.8) is 0 Å². The lowest BCUT2D eigenvalue weighted by Gasteiger charge is -2.35. The second-order valence-electron chi connectivity index (χ2n) is 7.33. The molecule has 2 aromatic heterocycles. The van der Waals surface area contributed by atoms with Crippen LogP contribution in [0.15, 0.2) is 59.7 Å². The first-order valence-corrected chi connectivity index (χ1v) is 9.66. The Balaban J connectivity index is 1.69. The zero-order valence-electron chi connectivity index (χ0n) is 16.9. The Kier molecular flexibility index (Phi) is 5.31. The van der Waals surface area contributed by atoms with E-state index in [4.69, 9.17) is 9.72 Å². The molecule has 1 atom stereocenters. The molecule has 29 heavy (non-hydrogen) atoms. The Morgan fingerprint density at radius 3 is 2.66 bits per heavy atom. The maximum atomic E-state index is 12.6. The fraction of sp³-hybridized carbons (Fsp3) is 0.318. The van der Waals surface area contributed by atoms with Crippen LogP contribution in [0.2, 0.25) is 0 Å². The van der Waals surface area contributed by atoms with Crippen molar-refractivity contribution in [2.45, 2.75) is 6.10 Å². The van der Waals surface area contributed by atoms with E-state index in [-0.39, 0.29) is 11.7 Å². The van der Waals surface area contributed by atoms with Gasteiger partial charge in [-0.05, 0) is 18.2 Å². The van der Waals surface area contributed by atoms with Crippen LogP contribution in [-0.2, 0) is 11.8 Å². The minimum absolute atomic E-state index is 0.0847. The number of pyridine rings is 1. The summed E-state index contributed by atoms with van der Waals surface area (Å²) in [5, 5.41) is 0. The minimum atomic E-state index is -0.0937. The third-order valence-electron chi connectivity index (χ3n) is 5.20. The van der Waals surface area contributed by atoms with Crippen LogP contribution in [0.25, 0.3) is 11.3 Å². The summed E-state index contributed by atoms with van der Waals surface area (Å²) in [5.41, 5.74) is 3.71. The van der Waals surface area contributed by atoms with Crippen LogP contribution >= 0.6 is 0 Å². The molecule has 0 N–H and O–H groups in total. The third-order valence-corrected chi connectivity index (χ3v) is 5.20. The highest BCUT2D eigenvalue weighted by Gasteiger charge is 2.27. The zero-order valence-corrected chi connectivity index (χ0v) is 16.9. The van der Waals surface area contributed by atoms with Gasteiger partial charge in [-0.15, -0.1) is 0 Å². The molecule has 1 aromatic carbocycles. The molecule has 1 aliphatic heterocycles. The zero-order chi connectivity index (χ0) is 20.4. The molecule has 4 rings (SSSR count). The highest BCUT2D eigenvalue weighted by Crippen LogP contribution is 2.31. The molecule has 7 nitrogen and oxygen atoms in total. The number of benzene rings is 1. The van der Waals surface area contributed by atoms with E-state index in [0.717, 1.165) is 16.8 Å². The summed E-state index contributed by atoms with van der Waals surface area (Å²) in [6.07, 6.45) is 3.32. The van der Waals surface area contributed by atoms with Crippen LogP contribution in [0.3, 0.4) is 0 Å². The number of morpholine rings is 1. The van der Waals surface area contributed by atoms with Gasteiger partial charge in [-0.25, -0.2) is 4.98 Å². The van der Waals surface area contributed by atoms with Gasteiger partial charge >= 0.3 is 0 Å². The van der Waals surface area contributed by atoms with E-state index in [9.17, 15) is 4.79 Å². The fourth-order valence-corrected chi connectivity index (χ4v) is 3.67. The second kappa shape index (κ2) is 8.05. The SMILES string of the molecule is CN(C)c1ccccc1C1CN(c2nc(-c3ccncc3)cc(=O)n2C)CCO1. The van der Waals surface area contributed by atoms with Crippen LogP contribution < -0.4 is 15.4 Å². The molecular weight excluding hydrogens is 366 g/mol. The van der Waals surface area contributed by atoms with Gasteiger partial charge in [-0.3, -0.25) is 14.3 Å². The molecule has 0 amide bonds. The van der Waals surface area contributed by atoms with Crippen molar-refractivity contribution < 1.29 is 4.74 Å². The van der Waals surface area contributed by atoms with Crippen LogP contribution in [0.4, 0.5) is 11.6 Å². The normalized spacial score (nSPS) is 16.7. The van der Waals surface area contributed by atoms with Crippen LogP contribution in [0, 0.1) is 0 Å². The maximum absolute atomic E-state index is 12.6. The number of ether oxygens (including phenoxy) is 1. The van der Waals surface area contributed by atoms with Crippen molar-refractivity contribution >= 4 is 11.6 Å². The first-order chi connectivity index (χ1) is 14.0. The van der Waals surface area contributed by atoms with Crippen LogP contribution in [-0.4, -0.2) is 48.3 Å². The molecule has 1 unspecified atom stereocenters. The molecule has 150 valence electrons. The lowest BCUT2D eigenvalue weighted by molar-refractivity contribution is 0.0393. The first-order valence-electron chi connectivity index (χ1n) is 9.66. The second-order valence-corrected chi connectivity index (χ2v) is 7.33. The topological polar surface area (TPSA) is 63.5 Å². The molecule has 1 saturated heterocycles. The van der Waals surface area contributed by atoms with E-state index < -0.39 is 0 Å². The fourth-order valence-electron chi connectivity index (χ4n) is 3.67. The average molecular weight is 391 g/mol. The number of anilines is 2. The summed E-state index contributed by atoms with van der Waals surface area (Å²) < 4.78 is 7.70. The predicted octanol–water partition coefficient (Wildman–Crippen LogP) is 2.49. The Hall–Kier alpha value is -3.19.